The van der Waals surface area contributed by atoms with Crippen molar-refractivity contribution in [2.45, 2.75) is 59.5 Å². The molecule has 7 heteroatoms. The van der Waals surface area contributed by atoms with Crippen LogP contribution in [0.5, 0.6) is 0 Å². The van der Waals surface area contributed by atoms with Crippen LogP contribution >= 0.6 is 0 Å². The predicted molar refractivity (Wildman–Crippen MR) is 94.6 cm³/mol. The molecule has 2 amide bonds. The lowest BCUT2D eigenvalue weighted by Crippen LogP contribution is -2.52. The lowest BCUT2D eigenvalue weighted by atomic mass is 10.0. The molecule has 0 aromatic carbocycles. The van der Waals surface area contributed by atoms with Crippen LogP contribution in [0.15, 0.2) is 0 Å². The maximum absolute atomic E-state index is 12.6. The highest BCUT2D eigenvalue weighted by atomic mass is 16.5. The number of hydrogen-bond donors (Lipinski definition) is 2. The van der Waals surface area contributed by atoms with Gasteiger partial charge in [-0.3, -0.25) is 4.79 Å². The van der Waals surface area contributed by atoms with E-state index in [0.29, 0.717) is 12.8 Å². The van der Waals surface area contributed by atoms with Crippen LogP contribution in [0.25, 0.3) is 0 Å². The third-order valence-corrected chi connectivity index (χ3v) is 3.20. The molecule has 0 aliphatic rings. The third kappa shape index (κ3) is 10.3. The Morgan fingerprint density at radius 1 is 0.960 bits per heavy atom. The molecule has 0 radical (unpaired) electrons. The summed E-state index contributed by atoms with van der Waals surface area (Å²) in [5.41, 5.74) is 0. The van der Waals surface area contributed by atoms with Gasteiger partial charge in [-0.25, -0.2) is 9.59 Å². The largest absolute Gasteiger partial charge is 0.464 e. The Morgan fingerprint density at radius 2 is 1.52 bits per heavy atom. The van der Waals surface area contributed by atoms with Crippen molar-refractivity contribution < 1.29 is 23.9 Å². The van der Waals surface area contributed by atoms with E-state index in [1.807, 2.05) is 27.7 Å². The molecule has 0 aromatic rings. The molecule has 2 N–H and O–H groups in total. The Morgan fingerprint density at radius 3 is 2.00 bits per heavy atom. The van der Waals surface area contributed by atoms with Crippen LogP contribution in [0, 0.1) is 24.2 Å². The molecule has 2 unspecified atom stereocenters. The molecule has 0 bridgehead atoms. The summed E-state index contributed by atoms with van der Waals surface area (Å²) in [6.45, 7) is 9.49. The van der Waals surface area contributed by atoms with Gasteiger partial charge in [-0.2, -0.15) is 0 Å². The average molecular weight is 354 g/mol. The molecule has 142 valence electrons. The summed E-state index contributed by atoms with van der Waals surface area (Å²) in [6.07, 6.45) is 5.11. The van der Waals surface area contributed by atoms with E-state index in [-0.39, 0.29) is 25.0 Å². The van der Waals surface area contributed by atoms with E-state index in [1.54, 1.807) is 6.92 Å². The van der Waals surface area contributed by atoms with Gasteiger partial charge in [0, 0.05) is 0 Å². The third-order valence-electron chi connectivity index (χ3n) is 3.20. The first kappa shape index (κ1) is 22.8. The Balaban J connectivity index is 5.02. The van der Waals surface area contributed by atoms with E-state index in [9.17, 15) is 14.4 Å². The zero-order valence-corrected chi connectivity index (χ0v) is 15.8. The van der Waals surface area contributed by atoms with Crippen LogP contribution in [0.2, 0.25) is 0 Å². The van der Waals surface area contributed by atoms with Gasteiger partial charge in [0.05, 0.1) is 6.61 Å². The van der Waals surface area contributed by atoms with Crippen LogP contribution < -0.4 is 10.6 Å². The minimum absolute atomic E-state index is 0.148. The van der Waals surface area contributed by atoms with Crippen molar-refractivity contribution in [3.05, 3.63) is 0 Å². The molecular formula is C18H30N2O5. The van der Waals surface area contributed by atoms with Crippen LogP contribution in [0.4, 0.5) is 4.79 Å². The first-order valence-corrected chi connectivity index (χ1v) is 8.54. The number of terminal acetylenes is 1. The number of hydrogen-bond acceptors (Lipinski definition) is 5. The number of amides is 2. The molecule has 0 fully saturated rings. The monoisotopic (exact) mass is 354 g/mol. The Bertz CT molecular complexity index is 482. The second-order valence-corrected chi connectivity index (χ2v) is 6.55. The minimum Gasteiger partial charge on any atom is -0.464 e. The van der Waals surface area contributed by atoms with E-state index in [1.165, 1.54) is 0 Å². The fourth-order valence-electron chi connectivity index (χ4n) is 2.19. The standard InChI is InChI=1S/C18H30N2O5/c1-7-9-25-18(23)20-14(10-12(3)4)16(21)19-15(11-13(5)6)17(22)24-8-2/h1,12-15H,8-11H2,2-6H3,(H,19,21)(H,20,23). The molecule has 0 saturated carbocycles. The molecule has 0 aliphatic heterocycles. The van der Waals surface area contributed by atoms with Crippen molar-refractivity contribution in [2.24, 2.45) is 11.8 Å². The molecule has 0 aromatic heterocycles. The summed E-state index contributed by atoms with van der Waals surface area (Å²) in [5.74, 6) is 1.58. The number of carbonyl (C=O) groups excluding carboxylic acids is 3. The zero-order valence-electron chi connectivity index (χ0n) is 15.8. The molecular weight excluding hydrogens is 324 g/mol. The molecule has 25 heavy (non-hydrogen) atoms. The summed E-state index contributed by atoms with van der Waals surface area (Å²) in [7, 11) is 0. The SMILES string of the molecule is C#CCOC(=O)NC(CC(C)C)C(=O)NC(CC(C)C)C(=O)OCC. The minimum atomic E-state index is -0.825. The van der Waals surface area contributed by atoms with Gasteiger partial charge in [0.25, 0.3) is 0 Å². The molecule has 0 saturated heterocycles. The lowest BCUT2D eigenvalue weighted by Gasteiger charge is -2.24. The van der Waals surface area contributed by atoms with Gasteiger partial charge >= 0.3 is 12.1 Å². The van der Waals surface area contributed by atoms with E-state index in [2.05, 4.69) is 16.6 Å². The second kappa shape index (κ2) is 12.2. The van der Waals surface area contributed by atoms with Gasteiger partial charge in [0.1, 0.15) is 12.1 Å². The van der Waals surface area contributed by atoms with Gasteiger partial charge in [0.2, 0.25) is 5.91 Å². The Labute approximate surface area is 150 Å². The van der Waals surface area contributed by atoms with Crippen molar-refractivity contribution >= 4 is 18.0 Å². The van der Waals surface area contributed by atoms with Crippen LogP contribution in [-0.2, 0) is 19.1 Å². The first-order valence-electron chi connectivity index (χ1n) is 8.54. The Hall–Kier alpha value is -2.23. The van der Waals surface area contributed by atoms with Crippen molar-refractivity contribution in [3.63, 3.8) is 0 Å². The van der Waals surface area contributed by atoms with E-state index < -0.39 is 30.1 Å². The van der Waals surface area contributed by atoms with Gasteiger partial charge in [-0.15, -0.1) is 6.42 Å². The van der Waals surface area contributed by atoms with Crippen LogP contribution in [0.3, 0.4) is 0 Å². The molecule has 0 spiro atoms. The molecule has 0 aliphatic carbocycles. The summed E-state index contributed by atoms with van der Waals surface area (Å²) >= 11 is 0. The van der Waals surface area contributed by atoms with Crippen molar-refractivity contribution in [1.82, 2.24) is 10.6 Å². The highest BCUT2D eigenvalue weighted by Crippen LogP contribution is 2.10. The van der Waals surface area contributed by atoms with Crippen molar-refractivity contribution in [3.8, 4) is 12.3 Å². The normalized spacial score (nSPS) is 12.9. The van der Waals surface area contributed by atoms with Gasteiger partial charge < -0.3 is 20.1 Å². The molecule has 0 rings (SSSR count). The van der Waals surface area contributed by atoms with E-state index in [0.717, 1.165) is 0 Å². The summed E-state index contributed by atoms with van der Waals surface area (Å²) in [5, 5.41) is 5.17. The van der Waals surface area contributed by atoms with Gasteiger partial charge in [-0.05, 0) is 31.6 Å². The van der Waals surface area contributed by atoms with Gasteiger partial charge in [-0.1, -0.05) is 33.6 Å². The highest BCUT2D eigenvalue weighted by Gasteiger charge is 2.28. The average Bonchev–Trinajstić information content (AvgIpc) is 2.50. The number of rotatable bonds is 10. The number of alkyl carbamates (subject to hydrolysis) is 1. The van der Waals surface area contributed by atoms with Crippen molar-refractivity contribution in [2.75, 3.05) is 13.2 Å². The second-order valence-electron chi connectivity index (χ2n) is 6.55. The summed E-state index contributed by atoms with van der Waals surface area (Å²) < 4.78 is 9.76. The molecule has 2 atom stereocenters. The smallest absolute Gasteiger partial charge is 0.408 e. The van der Waals surface area contributed by atoms with Gasteiger partial charge in [0.15, 0.2) is 6.61 Å². The first-order chi connectivity index (χ1) is 11.7. The highest BCUT2D eigenvalue weighted by molar-refractivity contribution is 5.89. The number of esters is 1. The summed E-state index contributed by atoms with van der Waals surface area (Å²) in [4.78, 5) is 36.3. The number of nitrogens with one attached hydrogen (secondary N) is 2. The van der Waals surface area contributed by atoms with Crippen molar-refractivity contribution in [1.29, 1.82) is 0 Å². The Kier molecular flexibility index (Phi) is 11.1. The maximum Gasteiger partial charge on any atom is 0.408 e. The maximum atomic E-state index is 12.6. The summed E-state index contributed by atoms with van der Waals surface area (Å²) in [6, 6.07) is -1.58. The number of carbonyl (C=O) groups is 3. The fourth-order valence-corrected chi connectivity index (χ4v) is 2.19. The molecule has 7 nitrogen and oxygen atoms in total. The van der Waals surface area contributed by atoms with Crippen LogP contribution in [-0.4, -0.2) is 43.3 Å². The fraction of sp³-hybridized carbons (Fsp3) is 0.722. The lowest BCUT2D eigenvalue weighted by molar-refractivity contribution is -0.148. The van der Waals surface area contributed by atoms with E-state index >= 15 is 0 Å². The predicted octanol–water partition coefficient (Wildman–Crippen LogP) is 1.85. The topological polar surface area (TPSA) is 93.7 Å². The zero-order chi connectivity index (χ0) is 19.4. The van der Waals surface area contributed by atoms with E-state index in [4.69, 9.17) is 15.9 Å². The number of ether oxygens (including phenoxy) is 2. The van der Waals surface area contributed by atoms with Crippen LogP contribution in [0.1, 0.15) is 47.5 Å². The molecule has 0 heterocycles. The quantitative estimate of drug-likeness (QED) is 0.461.